The third-order valence-electron chi connectivity index (χ3n) is 4.35. The normalized spacial score (nSPS) is 29.1. The fourth-order valence-electron chi connectivity index (χ4n) is 2.77. The number of rotatable bonds is 3. The lowest BCUT2D eigenvalue weighted by atomic mass is 9.92. The SMILES string of the molecule is CCC1(C)CNC(C)CN1Cc1cn2ccsc2n1. The number of imidazole rings is 1. The van der Waals surface area contributed by atoms with Crippen molar-refractivity contribution >= 4 is 16.3 Å². The Morgan fingerprint density at radius 1 is 1.58 bits per heavy atom. The predicted octanol–water partition coefficient (Wildman–Crippen LogP) is 2.36. The van der Waals surface area contributed by atoms with Crippen LogP contribution in [0.1, 0.15) is 32.9 Å². The highest BCUT2D eigenvalue weighted by Crippen LogP contribution is 2.25. The molecule has 1 fully saturated rings. The number of fused-ring (bicyclic) bond motifs is 1. The molecule has 4 nitrogen and oxygen atoms in total. The Labute approximate surface area is 118 Å². The predicted molar refractivity (Wildman–Crippen MR) is 79.6 cm³/mol. The van der Waals surface area contributed by atoms with Gasteiger partial charge in [-0.2, -0.15) is 0 Å². The van der Waals surface area contributed by atoms with E-state index in [0.717, 1.165) is 31.0 Å². The molecule has 5 heteroatoms. The van der Waals surface area contributed by atoms with E-state index in [0.29, 0.717) is 6.04 Å². The summed E-state index contributed by atoms with van der Waals surface area (Å²) < 4.78 is 2.12. The Balaban J connectivity index is 1.81. The standard InChI is InChI=1S/C14H22N4S/c1-4-14(3)10-15-11(2)7-18(14)9-12-8-17-5-6-19-13(17)16-12/h5-6,8,11,15H,4,7,9-10H2,1-3H3. The average molecular weight is 278 g/mol. The first-order valence-electron chi connectivity index (χ1n) is 7.00. The molecule has 2 aromatic heterocycles. The molecule has 104 valence electrons. The zero-order valence-electron chi connectivity index (χ0n) is 11.9. The molecule has 1 aliphatic heterocycles. The molecule has 1 N–H and O–H groups in total. The summed E-state index contributed by atoms with van der Waals surface area (Å²) in [7, 11) is 0. The summed E-state index contributed by atoms with van der Waals surface area (Å²) in [5.41, 5.74) is 1.42. The van der Waals surface area contributed by atoms with Crippen LogP contribution in [0.3, 0.4) is 0 Å². The van der Waals surface area contributed by atoms with Gasteiger partial charge in [0.1, 0.15) is 0 Å². The van der Waals surface area contributed by atoms with Crippen molar-refractivity contribution in [3.05, 3.63) is 23.5 Å². The summed E-state index contributed by atoms with van der Waals surface area (Å²) in [6.07, 6.45) is 5.40. The van der Waals surface area contributed by atoms with Crippen molar-refractivity contribution in [1.82, 2.24) is 19.6 Å². The summed E-state index contributed by atoms with van der Waals surface area (Å²) in [6, 6.07) is 0.559. The van der Waals surface area contributed by atoms with E-state index in [1.807, 2.05) is 0 Å². The van der Waals surface area contributed by atoms with Gasteiger partial charge >= 0.3 is 0 Å². The maximum Gasteiger partial charge on any atom is 0.193 e. The number of hydrogen-bond donors (Lipinski definition) is 1. The summed E-state index contributed by atoms with van der Waals surface area (Å²) in [5, 5.41) is 5.67. The van der Waals surface area contributed by atoms with Crippen LogP contribution in [-0.2, 0) is 6.54 Å². The lowest BCUT2D eigenvalue weighted by molar-refractivity contribution is 0.0443. The van der Waals surface area contributed by atoms with E-state index in [9.17, 15) is 0 Å². The molecule has 1 aliphatic rings. The molecular weight excluding hydrogens is 256 g/mol. The van der Waals surface area contributed by atoms with Gasteiger partial charge < -0.3 is 5.32 Å². The van der Waals surface area contributed by atoms with Gasteiger partial charge in [-0.05, 0) is 20.3 Å². The molecular formula is C14H22N4S. The smallest absolute Gasteiger partial charge is 0.193 e. The minimum absolute atomic E-state index is 0.240. The highest BCUT2D eigenvalue weighted by atomic mass is 32.1. The fourth-order valence-corrected chi connectivity index (χ4v) is 3.49. The van der Waals surface area contributed by atoms with Crippen LogP contribution in [0.15, 0.2) is 17.8 Å². The Bertz CT molecular complexity index is 532. The van der Waals surface area contributed by atoms with Gasteiger partial charge in [0, 0.05) is 49.0 Å². The zero-order valence-corrected chi connectivity index (χ0v) is 12.7. The largest absolute Gasteiger partial charge is 0.311 e. The van der Waals surface area contributed by atoms with Crippen molar-refractivity contribution in [3.63, 3.8) is 0 Å². The van der Waals surface area contributed by atoms with Crippen LogP contribution in [0.25, 0.3) is 4.96 Å². The average Bonchev–Trinajstić information content (AvgIpc) is 2.95. The second kappa shape index (κ2) is 4.89. The van der Waals surface area contributed by atoms with Gasteiger partial charge in [-0.25, -0.2) is 4.98 Å². The van der Waals surface area contributed by atoms with Gasteiger partial charge in [-0.1, -0.05) is 6.92 Å². The summed E-state index contributed by atoms with van der Waals surface area (Å²) in [6.45, 7) is 9.99. The van der Waals surface area contributed by atoms with E-state index in [4.69, 9.17) is 4.98 Å². The second-order valence-electron chi connectivity index (χ2n) is 5.84. The van der Waals surface area contributed by atoms with Crippen LogP contribution in [-0.4, -0.2) is 39.0 Å². The van der Waals surface area contributed by atoms with Crippen LogP contribution in [0, 0.1) is 0 Å². The maximum atomic E-state index is 4.71. The van der Waals surface area contributed by atoms with Crippen molar-refractivity contribution in [2.75, 3.05) is 13.1 Å². The van der Waals surface area contributed by atoms with Crippen molar-refractivity contribution in [2.45, 2.75) is 45.3 Å². The van der Waals surface area contributed by atoms with Gasteiger partial charge in [0.25, 0.3) is 0 Å². The molecule has 0 amide bonds. The summed E-state index contributed by atoms with van der Waals surface area (Å²) in [5.74, 6) is 0. The number of piperazine rings is 1. The minimum Gasteiger partial charge on any atom is -0.311 e. The quantitative estimate of drug-likeness (QED) is 0.935. The van der Waals surface area contributed by atoms with Gasteiger partial charge in [-0.3, -0.25) is 9.30 Å². The van der Waals surface area contributed by atoms with Crippen molar-refractivity contribution in [1.29, 1.82) is 0 Å². The molecule has 0 aromatic carbocycles. The zero-order chi connectivity index (χ0) is 13.5. The first-order valence-corrected chi connectivity index (χ1v) is 7.88. The maximum absolute atomic E-state index is 4.71. The summed E-state index contributed by atoms with van der Waals surface area (Å²) >= 11 is 1.70. The van der Waals surface area contributed by atoms with Gasteiger partial charge in [0.2, 0.25) is 0 Å². The molecule has 2 unspecified atom stereocenters. The van der Waals surface area contributed by atoms with Crippen LogP contribution >= 0.6 is 11.3 Å². The first kappa shape index (κ1) is 13.1. The van der Waals surface area contributed by atoms with Crippen LogP contribution < -0.4 is 5.32 Å². The molecule has 3 rings (SSSR count). The number of nitrogens with one attached hydrogen (secondary N) is 1. The minimum atomic E-state index is 0.240. The van der Waals surface area contributed by atoms with Crippen molar-refractivity contribution in [2.24, 2.45) is 0 Å². The van der Waals surface area contributed by atoms with E-state index in [1.54, 1.807) is 11.3 Å². The highest BCUT2D eigenvalue weighted by Gasteiger charge is 2.35. The Hall–Kier alpha value is -0.910. The second-order valence-corrected chi connectivity index (χ2v) is 6.71. The van der Waals surface area contributed by atoms with E-state index >= 15 is 0 Å². The molecule has 19 heavy (non-hydrogen) atoms. The van der Waals surface area contributed by atoms with Gasteiger partial charge in [0.15, 0.2) is 4.96 Å². The first-order chi connectivity index (χ1) is 9.10. The molecule has 0 saturated carbocycles. The lowest BCUT2D eigenvalue weighted by Crippen LogP contribution is -2.61. The molecule has 2 aromatic rings. The molecule has 2 atom stereocenters. The van der Waals surface area contributed by atoms with Crippen molar-refractivity contribution in [3.8, 4) is 0 Å². The molecule has 1 saturated heterocycles. The third kappa shape index (κ3) is 2.42. The van der Waals surface area contributed by atoms with Gasteiger partial charge in [-0.15, -0.1) is 11.3 Å². The third-order valence-corrected chi connectivity index (χ3v) is 5.12. The van der Waals surface area contributed by atoms with Gasteiger partial charge in [0.05, 0.1) is 5.69 Å². The lowest BCUT2D eigenvalue weighted by Gasteiger charge is -2.47. The van der Waals surface area contributed by atoms with E-state index < -0.39 is 0 Å². The fraction of sp³-hybridized carbons (Fsp3) is 0.643. The van der Waals surface area contributed by atoms with E-state index in [2.05, 4.69) is 53.2 Å². The number of thiazole rings is 1. The molecule has 0 bridgehead atoms. The topological polar surface area (TPSA) is 32.6 Å². The highest BCUT2D eigenvalue weighted by molar-refractivity contribution is 7.15. The molecule has 0 aliphatic carbocycles. The van der Waals surface area contributed by atoms with Crippen LogP contribution in [0.2, 0.25) is 0 Å². The Morgan fingerprint density at radius 2 is 2.42 bits per heavy atom. The Morgan fingerprint density at radius 3 is 3.16 bits per heavy atom. The Kier molecular flexibility index (Phi) is 3.37. The molecule has 0 radical (unpaired) electrons. The van der Waals surface area contributed by atoms with Crippen molar-refractivity contribution < 1.29 is 0 Å². The molecule has 3 heterocycles. The number of hydrogen-bond acceptors (Lipinski definition) is 4. The van der Waals surface area contributed by atoms with E-state index in [1.165, 1.54) is 5.69 Å². The summed E-state index contributed by atoms with van der Waals surface area (Å²) in [4.78, 5) is 8.39. The van der Waals surface area contributed by atoms with E-state index in [-0.39, 0.29) is 5.54 Å². The van der Waals surface area contributed by atoms with Crippen LogP contribution in [0.5, 0.6) is 0 Å². The molecule has 0 spiro atoms. The number of nitrogens with zero attached hydrogens (tertiary/aromatic N) is 3. The number of aromatic nitrogens is 2. The van der Waals surface area contributed by atoms with Crippen LogP contribution in [0.4, 0.5) is 0 Å². The monoisotopic (exact) mass is 278 g/mol.